The normalized spacial score (nSPS) is 18.5. The Kier molecular flexibility index (Phi) is 30.2. The molecular formula is C103H112Cl3F3N24. The van der Waals surface area contributed by atoms with Crippen LogP contribution in [0, 0.1) is 17.5 Å². The van der Waals surface area contributed by atoms with Crippen LogP contribution in [-0.4, -0.2) is 180 Å². The SMILES string of the molecule is CC1=NCc2ncc(-c3cnn(C)c3)cc21.CC1=NCc2ncc(NC3CCCN(Cc4ccc(Cl)c(Cl)c4)C3)cc21.CC1=NCc2ncc(NC3CCCN(Cc4ccc(Cl)cc4)C3)cc21.CC1=NCc2ncc(NC3CCCN(Cc4ccc(F)c(F)c4)C3)cc21.CC1=NCc2ncc(NC3CCCN(Cc4ccc(F)cc4)C3)cc21.Cn1cc(-c2cnc3c(c2)C=NC3)cn1. The predicted octanol–water partition coefficient (Wildman–Crippen LogP) is 19.5. The maximum atomic E-state index is 13.4. The summed E-state index contributed by atoms with van der Waals surface area (Å²) < 4.78 is 43.1. The van der Waals surface area contributed by atoms with Crippen molar-refractivity contribution in [1.82, 2.24) is 69.1 Å². The lowest BCUT2D eigenvalue weighted by Crippen LogP contribution is -2.41. The van der Waals surface area contributed by atoms with Crippen molar-refractivity contribution < 1.29 is 13.2 Å². The number of likely N-dealkylation sites (tertiary alicyclic amines) is 4. The van der Waals surface area contributed by atoms with Crippen molar-refractivity contribution in [3.8, 4) is 22.3 Å². The Morgan fingerprint density at radius 1 is 0.338 bits per heavy atom. The number of benzene rings is 4. The van der Waals surface area contributed by atoms with Crippen LogP contribution < -0.4 is 21.3 Å². The molecule has 8 aromatic heterocycles. The molecule has 0 bridgehead atoms. The second-order valence-corrected chi connectivity index (χ2v) is 37.0. The fourth-order valence-corrected chi connectivity index (χ4v) is 19.0. The Balaban J connectivity index is 0.000000112. The van der Waals surface area contributed by atoms with E-state index in [0.717, 1.165) is 239 Å². The van der Waals surface area contributed by atoms with Crippen LogP contribution >= 0.6 is 34.8 Å². The lowest BCUT2D eigenvalue weighted by Gasteiger charge is -2.33. The maximum Gasteiger partial charge on any atom is 0.159 e. The first kappa shape index (κ1) is 92.8. The van der Waals surface area contributed by atoms with Crippen LogP contribution in [0.5, 0.6) is 0 Å². The van der Waals surface area contributed by atoms with Gasteiger partial charge in [-0.1, -0.05) is 71.2 Å². The molecule has 0 aliphatic carbocycles. The lowest BCUT2D eigenvalue weighted by molar-refractivity contribution is 0.208. The van der Waals surface area contributed by atoms with E-state index in [4.69, 9.17) is 34.8 Å². The molecule has 4 unspecified atom stereocenters. The molecule has 0 radical (unpaired) electrons. The highest BCUT2D eigenvalue weighted by molar-refractivity contribution is 6.42. The molecule has 24 nitrogen and oxygen atoms in total. The van der Waals surface area contributed by atoms with E-state index < -0.39 is 11.6 Å². The van der Waals surface area contributed by atoms with Gasteiger partial charge < -0.3 is 21.3 Å². The summed E-state index contributed by atoms with van der Waals surface area (Å²) in [6.07, 6.45) is 30.2. The lowest BCUT2D eigenvalue weighted by atomic mass is 10.0. The van der Waals surface area contributed by atoms with E-state index in [-0.39, 0.29) is 5.82 Å². The number of aromatic nitrogens is 10. The van der Waals surface area contributed by atoms with Gasteiger partial charge in [-0.25, -0.2) is 13.2 Å². The molecule has 22 rings (SSSR count). The highest BCUT2D eigenvalue weighted by Gasteiger charge is 2.28. The fourth-order valence-electron chi connectivity index (χ4n) is 18.5. The zero-order valence-corrected chi connectivity index (χ0v) is 78.6. The summed E-state index contributed by atoms with van der Waals surface area (Å²) in [7, 11) is 3.82. The van der Waals surface area contributed by atoms with E-state index in [2.05, 4.69) is 179 Å². The summed E-state index contributed by atoms with van der Waals surface area (Å²) >= 11 is 18.1. The molecule has 686 valence electrons. The number of pyridine rings is 6. The highest BCUT2D eigenvalue weighted by atomic mass is 35.5. The first-order valence-electron chi connectivity index (χ1n) is 45.9. The van der Waals surface area contributed by atoms with Crippen molar-refractivity contribution in [2.24, 2.45) is 44.0 Å². The second-order valence-electron chi connectivity index (χ2n) is 35.8. The van der Waals surface area contributed by atoms with Crippen LogP contribution in [0.1, 0.15) is 176 Å². The van der Waals surface area contributed by atoms with Crippen LogP contribution in [0.15, 0.2) is 213 Å². The van der Waals surface area contributed by atoms with Gasteiger partial charge in [-0.05, 0) is 219 Å². The number of nitrogens with zero attached hydrogens (tertiary/aromatic N) is 20. The van der Waals surface area contributed by atoms with E-state index in [0.29, 0.717) is 73.5 Å². The third kappa shape index (κ3) is 24.5. The van der Waals surface area contributed by atoms with Gasteiger partial charge in [0.15, 0.2) is 11.6 Å². The fraction of sp³-hybridized carbons (Fsp3) is 0.359. The van der Waals surface area contributed by atoms with Crippen LogP contribution in [0.25, 0.3) is 22.3 Å². The third-order valence-corrected chi connectivity index (χ3v) is 26.6. The minimum absolute atomic E-state index is 0.176. The van der Waals surface area contributed by atoms with Crippen molar-refractivity contribution in [3.05, 3.63) is 306 Å². The summed E-state index contributed by atoms with van der Waals surface area (Å²) in [5.41, 5.74) is 31.9. The summed E-state index contributed by atoms with van der Waals surface area (Å²) in [6.45, 7) is 26.0. The van der Waals surface area contributed by atoms with Gasteiger partial charge in [-0.3, -0.25) is 88.8 Å². The van der Waals surface area contributed by atoms with Gasteiger partial charge in [0.1, 0.15) is 5.82 Å². The molecule has 0 saturated carbocycles. The van der Waals surface area contributed by atoms with Crippen molar-refractivity contribution in [2.75, 3.05) is 73.6 Å². The van der Waals surface area contributed by atoms with E-state index >= 15 is 0 Å². The predicted molar refractivity (Wildman–Crippen MR) is 529 cm³/mol. The van der Waals surface area contributed by atoms with Gasteiger partial charge in [0, 0.05) is 211 Å². The minimum atomic E-state index is -0.796. The smallest absolute Gasteiger partial charge is 0.159 e. The molecule has 18 heterocycles. The molecule has 4 atom stereocenters. The number of hydrogen-bond acceptors (Lipinski definition) is 22. The number of hydrogen-bond donors (Lipinski definition) is 4. The zero-order valence-electron chi connectivity index (χ0n) is 76.3. The standard InChI is InChI=1S/C20H22Cl2N4.C20H23ClN4.C20H22F2N4.C20H23FN4.C12H12N4.C11H10N4/c1-13-17-8-16(9-24-20(17)10-23-13)25-15-3-2-6-26(12-15)11-14-4-5-18(21)19(22)7-14;1-14-19-9-18(10-23-20(19)11-22-14)24-17-3-2-8-25(13-17)12-15-4-6-16(21)7-5-15;1-13-17-8-16(9-24-20(17)10-23-13)25-15-3-2-6-26(12-15)11-14-4-5-18(21)19(22)7-14;1-14-19-9-18(10-23-20(19)11-22-14)24-17-3-2-8-25(13-17)12-15-4-6-16(21)7-5-15;1-8-11-3-9(4-14-12(11)6-13-8)10-5-15-16(2)7-10;1-15-7-10(5-14-15)8-2-9-3-12-6-11(9)13-4-8/h4-5,7-9,15,25H,2-3,6,10-12H2,1H3;4-7,9-10,17,24H,2-3,8,11-13H2,1H3;4-5,7-9,15,25H,2-3,6,10-12H2,1H3;4-7,9-10,17,24H,2-3,8,11-13H2,1H3;3-5,7H,6H2,1-2H3;2-5,7H,6H2,1H3. The average molecular weight is 1850 g/mol. The molecule has 10 aliphatic heterocycles. The molecule has 0 amide bonds. The summed E-state index contributed by atoms with van der Waals surface area (Å²) in [6, 6.07) is 39.6. The quantitative estimate of drug-likeness (QED) is 0.0623. The molecule has 4 fully saturated rings. The summed E-state index contributed by atoms with van der Waals surface area (Å²) in [5, 5.41) is 24.9. The Morgan fingerprint density at radius 2 is 0.684 bits per heavy atom. The molecule has 30 heteroatoms. The number of aryl methyl sites for hydroxylation is 2. The van der Waals surface area contributed by atoms with Crippen LogP contribution in [-0.2, 0) is 79.5 Å². The Bertz CT molecular complexity index is 6070. The van der Waals surface area contributed by atoms with Crippen LogP contribution in [0.3, 0.4) is 0 Å². The molecule has 4 aromatic carbocycles. The first-order chi connectivity index (χ1) is 64.6. The molecule has 10 aliphatic rings. The molecule has 0 spiro atoms. The molecule has 4 saturated heterocycles. The van der Waals surface area contributed by atoms with Crippen LogP contribution in [0.4, 0.5) is 35.9 Å². The average Bonchev–Trinajstić information content (AvgIpc) is 1.70. The van der Waals surface area contributed by atoms with E-state index in [1.54, 1.807) is 15.4 Å². The highest BCUT2D eigenvalue weighted by Crippen LogP contribution is 2.33. The number of nitrogens with one attached hydrogen (secondary N) is 4. The topological polar surface area (TPSA) is 248 Å². The van der Waals surface area contributed by atoms with Gasteiger partial charge >= 0.3 is 0 Å². The Labute approximate surface area is 790 Å². The van der Waals surface area contributed by atoms with Gasteiger partial charge in [0.25, 0.3) is 0 Å². The molecular weight excluding hydrogens is 1740 g/mol. The van der Waals surface area contributed by atoms with Gasteiger partial charge in [0.05, 0.1) is 143 Å². The Morgan fingerprint density at radius 3 is 1.07 bits per heavy atom. The minimum Gasteiger partial charge on any atom is -0.380 e. The number of halogens is 6. The zero-order chi connectivity index (χ0) is 92.0. The van der Waals surface area contributed by atoms with E-state index in [9.17, 15) is 13.2 Å². The maximum absolute atomic E-state index is 13.4. The van der Waals surface area contributed by atoms with Crippen LogP contribution in [0.2, 0.25) is 15.1 Å². The van der Waals surface area contributed by atoms with Gasteiger partial charge in [0.2, 0.25) is 0 Å². The number of anilines is 4. The molecule has 4 N–H and O–H groups in total. The number of fused-ring (bicyclic) bond motifs is 6. The van der Waals surface area contributed by atoms with Gasteiger partial charge in [-0.15, -0.1) is 0 Å². The third-order valence-electron chi connectivity index (χ3n) is 25.6. The molecule has 133 heavy (non-hydrogen) atoms. The first-order valence-corrected chi connectivity index (χ1v) is 47.0. The van der Waals surface area contributed by atoms with Crippen molar-refractivity contribution in [2.45, 2.75) is 176 Å². The number of aliphatic imine (C=N–C) groups is 6. The van der Waals surface area contributed by atoms with E-state index in [1.165, 1.54) is 83.3 Å². The number of rotatable bonds is 18. The Hall–Kier alpha value is -12.1. The van der Waals surface area contributed by atoms with Crippen molar-refractivity contribution >= 4 is 92.3 Å². The second kappa shape index (κ2) is 43.3. The van der Waals surface area contributed by atoms with Gasteiger partial charge in [-0.2, -0.15) is 10.2 Å². The van der Waals surface area contributed by atoms with Crippen molar-refractivity contribution in [1.29, 1.82) is 0 Å². The summed E-state index contributed by atoms with van der Waals surface area (Å²) in [4.78, 5) is 63.1. The largest absolute Gasteiger partial charge is 0.380 e. The summed E-state index contributed by atoms with van der Waals surface area (Å²) in [5.74, 6) is -1.75. The van der Waals surface area contributed by atoms with E-state index in [1.807, 2.05) is 139 Å². The monoisotopic (exact) mass is 1850 g/mol. The number of piperidine rings is 4. The molecule has 12 aromatic rings. The van der Waals surface area contributed by atoms with Crippen molar-refractivity contribution in [3.63, 3.8) is 0 Å².